The van der Waals surface area contributed by atoms with E-state index in [1.54, 1.807) is 37.5 Å². The van der Waals surface area contributed by atoms with Crippen LogP contribution in [-0.4, -0.2) is 23.0 Å². The molecule has 2 aromatic carbocycles. The Morgan fingerprint density at radius 1 is 1.06 bits per heavy atom. The van der Waals surface area contributed by atoms with Crippen LogP contribution in [0.2, 0.25) is 5.02 Å². The van der Waals surface area contributed by atoms with E-state index in [0.717, 1.165) is 10.9 Å². The van der Waals surface area contributed by atoms with Crippen LogP contribution in [0.3, 0.4) is 0 Å². The van der Waals surface area contributed by atoms with E-state index in [-0.39, 0.29) is 18.4 Å². The molecule has 4 aromatic rings. The van der Waals surface area contributed by atoms with Crippen LogP contribution in [0.25, 0.3) is 21.9 Å². The van der Waals surface area contributed by atoms with E-state index >= 15 is 0 Å². The zero-order valence-electron chi connectivity index (χ0n) is 18.3. The SMILES string of the molecule is Cc1coc2c(C)c3oc(=O)c(CC(=O)NC(Cc4ccc(Cl)cc4)C(=O)O)c(C)c3cc12. The molecule has 2 N–H and O–H groups in total. The molecule has 1 unspecified atom stereocenters. The monoisotopic (exact) mass is 467 g/mol. The van der Waals surface area contributed by atoms with Crippen LogP contribution < -0.4 is 10.9 Å². The summed E-state index contributed by atoms with van der Waals surface area (Å²) in [7, 11) is 0. The first-order chi connectivity index (χ1) is 15.7. The van der Waals surface area contributed by atoms with Crippen molar-refractivity contribution in [3.05, 3.63) is 79.9 Å². The first kappa shape index (κ1) is 22.6. The molecule has 0 saturated carbocycles. The lowest BCUT2D eigenvalue weighted by molar-refractivity contribution is -0.141. The number of hydrogen-bond acceptors (Lipinski definition) is 5. The molecule has 1 amide bonds. The van der Waals surface area contributed by atoms with Crippen LogP contribution in [0.15, 0.2) is 50.2 Å². The second-order valence-electron chi connectivity index (χ2n) is 8.13. The number of hydrogen-bond donors (Lipinski definition) is 2. The highest BCUT2D eigenvalue weighted by Crippen LogP contribution is 2.32. The van der Waals surface area contributed by atoms with E-state index in [1.807, 2.05) is 19.9 Å². The number of furan rings is 1. The predicted molar refractivity (Wildman–Crippen MR) is 125 cm³/mol. The second kappa shape index (κ2) is 8.75. The molecule has 1 atom stereocenters. The Bertz CT molecular complexity index is 1450. The Labute approximate surface area is 194 Å². The van der Waals surface area contributed by atoms with Gasteiger partial charge in [-0.05, 0) is 55.7 Å². The van der Waals surface area contributed by atoms with Gasteiger partial charge >= 0.3 is 11.6 Å². The Hall–Kier alpha value is -3.58. The normalized spacial score (nSPS) is 12.2. The number of halogens is 1. The number of carboxylic acid groups (broad SMARTS) is 1. The third-order valence-electron chi connectivity index (χ3n) is 5.86. The van der Waals surface area contributed by atoms with Crippen LogP contribution >= 0.6 is 11.6 Å². The Morgan fingerprint density at radius 3 is 2.42 bits per heavy atom. The summed E-state index contributed by atoms with van der Waals surface area (Å²) in [5.74, 6) is -1.75. The quantitative estimate of drug-likeness (QED) is 0.405. The number of rotatable bonds is 6. The number of nitrogens with one attached hydrogen (secondary N) is 1. The summed E-state index contributed by atoms with van der Waals surface area (Å²) in [6.45, 7) is 5.49. The number of amides is 1. The highest BCUT2D eigenvalue weighted by molar-refractivity contribution is 6.30. The fourth-order valence-electron chi connectivity index (χ4n) is 3.99. The van der Waals surface area contributed by atoms with Gasteiger partial charge in [-0.3, -0.25) is 4.79 Å². The number of carboxylic acids is 1. The fourth-order valence-corrected chi connectivity index (χ4v) is 4.11. The molecule has 0 aliphatic heterocycles. The van der Waals surface area contributed by atoms with Gasteiger partial charge in [-0.15, -0.1) is 0 Å². The summed E-state index contributed by atoms with van der Waals surface area (Å²) in [5, 5.41) is 14.2. The lowest BCUT2D eigenvalue weighted by Crippen LogP contribution is -2.43. The van der Waals surface area contributed by atoms with Crippen molar-refractivity contribution in [1.29, 1.82) is 0 Å². The van der Waals surface area contributed by atoms with Crippen molar-refractivity contribution in [3.8, 4) is 0 Å². The molecular weight excluding hydrogens is 446 g/mol. The molecule has 0 aliphatic rings. The Balaban J connectivity index is 1.63. The van der Waals surface area contributed by atoms with Gasteiger partial charge in [0.15, 0.2) is 0 Å². The zero-order valence-corrected chi connectivity index (χ0v) is 19.1. The maximum Gasteiger partial charge on any atom is 0.340 e. The third kappa shape index (κ3) is 4.36. The Morgan fingerprint density at radius 2 is 1.76 bits per heavy atom. The summed E-state index contributed by atoms with van der Waals surface area (Å²) in [4.78, 5) is 37.1. The van der Waals surface area contributed by atoms with E-state index in [9.17, 15) is 19.5 Å². The van der Waals surface area contributed by atoms with Crippen LogP contribution in [0.1, 0.15) is 27.8 Å². The molecular formula is C25H22ClNO6. The molecule has 8 heteroatoms. The van der Waals surface area contributed by atoms with E-state index in [2.05, 4.69) is 5.32 Å². The van der Waals surface area contributed by atoms with Crippen LogP contribution in [0.5, 0.6) is 0 Å². The standard InChI is InChI=1S/C25H22ClNO6/c1-12-11-32-22-14(3)23-18(9-17(12)22)13(2)19(25(31)33-23)10-21(28)27-20(24(29)30)8-15-4-6-16(26)7-5-15/h4-7,9,11,20H,8,10H2,1-3H3,(H,27,28)(H,29,30). The lowest BCUT2D eigenvalue weighted by atomic mass is 9.99. The van der Waals surface area contributed by atoms with Gasteiger partial charge in [0.2, 0.25) is 5.91 Å². The van der Waals surface area contributed by atoms with Gasteiger partial charge in [-0.1, -0.05) is 23.7 Å². The lowest BCUT2D eigenvalue weighted by Gasteiger charge is -2.15. The molecule has 4 rings (SSSR count). The van der Waals surface area contributed by atoms with E-state index in [4.69, 9.17) is 20.4 Å². The first-order valence-electron chi connectivity index (χ1n) is 10.4. The first-order valence-corrected chi connectivity index (χ1v) is 10.7. The number of carbonyl (C=O) groups is 2. The summed E-state index contributed by atoms with van der Waals surface area (Å²) < 4.78 is 11.2. The number of aliphatic carboxylic acids is 1. The van der Waals surface area contributed by atoms with Crippen molar-refractivity contribution in [2.75, 3.05) is 0 Å². The number of fused-ring (bicyclic) bond motifs is 2. The topological polar surface area (TPSA) is 110 Å². The number of benzene rings is 2. The summed E-state index contributed by atoms with van der Waals surface area (Å²) in [6, 6.07) is 7.45. The molecule has 0 radical (unpaired) electrons. The van der Waals surface area contributed by atoms with E-state index < -0.39 is 23.5 Å². The summed E-state index contributed by atoms with van der Waals surface area (Å²) in [5.41, 5.74) is 3.61. The van der Waals surface area contributed by atoms with Gasteiger partial charge in [-0.2, -0.15) is 0 Å². The number of carbonyl (C=O) groups excluding carboxylic acids is 1. The van der Waals surface area contributed by atoms with Gasteiger partial charge in [0, 0.05) is 27.8 Å². The average molecular weight is 468 g/mol. The molecule has 2 heterocycles. The number of aryl methyl sites for hydroxylation is 3. The smallest absolute Gasteiger partial charge is 0.340 e. The minimum Gasteiger partial charge on any atom is -0.480 e. The van der Waals surface area contributed by atoms with Crippen LogP contribution in [0, 0.1) is 20.8 Å². The molecule has 0 bridgehead atoms. The van der Waals surface area contributed by atoms with Gasteiger partial charge < -0.3 is 19.3 Å². The van der Waals surface area contributed by atoms with Gasteiger partial charge in [0.05, 0.1) is 18.2 Å². The molecule has 33 heavy (non-hydrogen) atoms. The van der Waals surface area contributed by atoms with E-state index in [1.165, 1.54) is 0 Å². The fraction of sp³-hybridized carbons (Fsp3) is 0.240. The summed E-state index contributed by atoms with van der Waals surface area (Å²) in [6.07, 6.45) is 1.43. The third-order valence-corrected chi connectivity index (χ3v) is 6.11. The minimum atomic E-state index is -1.17. The van der Waals surface area contributed by atoms with Crippen molar-refractivity contribution in [1.82, 2.24) is 5.32 Å². The summed E-state index contributed by atoms with van der Waals surface area (Å²) >= 11 is 5.87. The minimum absolute atomic E-state index is 0.0838. The molecule has 2 aromatic heterocycles. The van der Waals surface area contributed by atoms with Gasteiger partial charge in [-0.25, -0.2) is 9.59 Å². The molecule has 170 valence electrons. The van der Waals surface area contributed by atoms with Gasteiger partial charge in [0.1, 0.15) is 17.2 Å². The largest absolute Gasteiger partial charge is 0.480 e. The van der Waals surface area contributed by atoms with Crippen molar-refractivity contribution in [2.45, 2.75) is 39.7 Å². The molecule has 0 fully saturated rings. The molecule has 0 saturated heterocycles. The highest BCUT2D eigenvalue weighted by Gasteiger charge is 2.23. The van der Waals surface area contributed by atoms with E-state index in [0.29, 0.717) is 38.3 Å². The molecule has 0 spiro atoms. The second-order valence-corrected chi connectivity index (χ2v) is 8.57. The van der Waals surface area contributed by atoms with Crippen molar-refractivity contribution < 1.29 is 23.5 Å². The van der Waals surface area contributed by atoms with Crippen molar-refractivity contribution in [2.24, 2.45) is 0 Å². The zero-order chi connectivity index (χ0) is 23.9. The highest BCUT2D eigenvalue weighted by atomic mass is 35.5. The molecule has 0 aliphatic carbocycles. The van der Waals surface area contributed by atoms with Crippen LogP contribution in [0.4, 0.5) is 0 Å². The predicted octanol–water partition coefficient (Wildman–Crippen LogP) is 4.47. The maximum absolute atomic E-state index is 12.7. The van der Waals surface area contributed by atoms with Crippen molar-refractivity contribution in [3.63, 3.8) is 0 Å². The Kier molecular flexibility index (Phi) is 5.99. The molecule has 7 nitrogen and oxygen atoms in total. The maximum atomic E-state index is 12.7. The average Bonchev–Trinajstić information content (AvgIpc) is 3.14. The van der Waals surface area contributed by atoms with Gasteiger partial charge in [0.25, 0.3) is 0 Å². The van der Waals surface area contributed by atoms with Crippen molar-refractivity contribution >= 4 is 45.4 Å². The van der Waals surface area contributed by atoms with Crippen LogP contribution in [-0.2, 0) is 22.4 Å².